The molecular formula is C25H22ClNO5S. The van der Waals surface area contributed by atoms with Crippen LogP contribution < -0.4 is 0 Å². The van der Waals surface area contributed by atoms with Crippen molar-refractivity contribution in [3.05, 3.63) is 88.9 Å². The minimum Gasteiger partial charge on any atom is -0.464 e. The number of aryl methyl sites for hydroxylation is 1. The van der Waals surface area contributed by atoms with E-state index in [1.807, 2.05) is 6.92 Å². The molecule has 0 amide bonds. The predicted octanol–water partition coefficient (Wildman–Crippen LogP) is 5.10. The highest BCUT2D eigenvalue weighted by molar-refractivity contribution is 7.90. The highest BCUT2D eigenvalue weighted by Crippen LogP contribution is 2.41. The fourth-order valence-corrected chi connectivity index (χ4v) is 5.52. The maximum atomic E-state index is 13.9. The maximum Gasteiger partial charge on any atom is 0.339 e. The number of benzene rings is 3. The van der Waals surface area contributed by atoms with E-state index in [9.17, 15) is 18.3 Å². The third-order valence-corrected chi connectivity index (χ3v) is 7.28. The van der Waals surface area contributed by atoms with Crippen molar-refractivity contribution in [2.24, 2.45) is 0 Å². The number of halogens is 1. The van der Waals surface area contributed by atoms with Gasteiger partial charge < -0.3 is 9.84 Å². The number of esters is 1. The predicted molar refractivity (Wildman–Crippen MR) is 128 cm³/mol. The lowest BCUT2D eigenvalue weighted by Gasteiger charge is -2.16. The first kappa shape index (κ1) is 23.0. The number of fused-ring (bicyclic) bond motifs is 1. The standard InChI is InChI=1S/C25H22ClNO5S/c1-3-32-25(29)24(28)22-20-14-11-18(26)15-21(20)27(23(22)17-7-5-4-6-8-17)33(30,31)19-12-9-16(2)10-13-19/h4-15,24,28H,3H2,1-2H3. The van der Waals surface area contributed by atoms with Gasteiger partial charge in [0.1, 0.15) is 0 Å². The molecule has 0 spiro atoms. The summed E-state index contributed by atoms with van der Waals surface area (Å²) >= 11 is 6.24. The second-order valence-electron chi connectivity index (χ2n) is 7.53. The second kappa shape index (κ2) is 9.02. The molecule has 1 N–H and O–H groups in total. The quantitative estimate of drug-likeness (QED) is 0.385. The van der Waals surface area contributed by atoms with Gasteiger partial charge in [-0.1, -0.05) is 65.7 Å². The number of hydrogen-bond donors (Lipinski definition) is 1. The van der Waals surface area contributed by atoms with Crippen molar-refractivity contribution in [3.63, 3.8) is 0 Å². The molecule has 0 fully saturated rings. The van der Waals surface area contributed by atoms with Crippen LogP contribution in [0.3, 0.4) is 0 Å². The van der Waals surface area contributed by atoms with Crippen LogP contribution in [0, 0.1) is 6.92 Å². The first-order chi connectivity index (χ1) is 15.8. The number of aromatic nitrogens is 1. The van der Waals surface area contributed by atoms with Crippen molar-refractivity contribution in [1.82, 2.24) is 3.97 Å². The summed E-state index contributed by atoms with van der Waals surface area (Å²) in [6.07, 6.45) is -1.70. The molecule has 0 bridgehead atoms. The van der Waals surface area contributed by atoms with Gasteiger partial charge in [-0.2, -0.15) is 0 Å². The minimum absolute atomic E-state index is 0.0688. The van der Waals surface area contributed by atoms with Gasteiger partial charge in [-0.15, -0.1) is 0 Å². The molecule has 0 aliphatic heterocycles. The highest BCUT2D eigenvalue weighted by Gasteiger charge is 2.33. The van der Waals surface area contributed by atoms with E-state index in [2.05, 4.69) is 0 Å². The van der Waals surface area contributed by atoms with E-state index in [-0.39, 0.29) is 28.3 Å². The molecule has 4 aromatic rings. The Labute approximate surface area is 197 Å². The van der Waals surface area contributed by atoms with Crippen molar-refractivity contribution in [2.75, 3.05) is 6.61 Å². The lowest BCUT2D eigenvalue weighted by atomic mass is 10.0. The average molecular weight is 484 g/mol. The van der Waals surface area contributed by atoms with Crippen LogP contribution in [0.2, 0.25) is 5.02 Å². The van der Waals surface area contributed by atoms with Crippen LogP contribution in [0.4, 0.5) is 0 Å². The summed E-state index contributed by atoms with van der Waals surface area (Å²) in [6, 6.07) is 19.9. The van der Waals surface area contributed by atoms with E-state index < -0.39 is 22.1 Å². The SMILES string of the molecule is CCOC(=O)C(O)c1c(-c2ccccc2)n(S(=O)(=O)c2ccc(C)cc2)c2cc(Cl)ccc12. The maximum absolute atomic E-state index is 13.9. The lowest BCUT2D eigenvalue weighted by Crippen LogP contribution is -2.18. The number of aliphatic hydroxyl groups excluding tert-OH is 1. The second-order valence-corrected chi connectivity index (χ2v) is 9.75. The number of ether oxygens (including phenoxy) is 1. The molecule has 4 rings (SSSR count). The fourth-order valence-electron chi connectivity index (χ4n) is 3.81. The molecule has 33 heavy (non-hydrogen) atoms. The van der Waals surface area contributed by atoms with Gasteiger partial charge >= 0.3 is 5.97 Å². The van der Waals surface area contributed by atoms with E-state index in [1.165, 1.54) is 18.2 Å². The molecule has 170 valence electrons. The number of rotatable bonds is 6. The summed E-state index contributed by atoms with van der Waals surface area (Å²) in [5.74, 6) is -0.864. The molecule has 1 unspecified atom stereocenters. The molecule has 8 heteroatoms. The molecular weight excluding hydrogens is 462 g/mol. The largest absolute Gasteiger partial charge is 0.464 e. The first-order valence-corrected chi connectivity index (χ1v) is 12.1. The minimum atomic E-state index is -4.13. The van der Waals surface area contributed by atoms with E-state index in [0.717, 1.165) is 9.54 Å². The van der Waals surface area contributed by atoms with Gasteiger partial charge in [0.25, 0.3) is 10.0 Å². The molecule has 6 nitrogen and oxygen atoms in total. The van der Waals surface area contributed by atoms with Gasteiger partial charge in [-0.05, 0) is 43.7 Å². The number of aliphatic hydroxyl groups is 1. The van der Waals surface area contributed by atoms with E-state index >= 15 is 0 Å². The molecule has 1 aromatic heterocycles. The van der Waals surface area contributed by atoms with Crippen LogP contribution in [0.15, 0.2) is 77.7 Å². The normalized spacial score (nSPS) is 12.6. The van der Waals surface area contributed by atoms with Crippen LogP contribution in [-0.4, -0.2) is 30.1 Å². The van der Waals surface area contributed by atoms with Gasteiger partial charge in [-0.3, -0.25) is 0 Å². The van der Waals surface area contributed by atoms with E-state index in [0.29, 0.717) is 16.0 Å². The molecule has 3 aromatic carbocycles. The van der Waals surface area contributed by atoms with Crippen molar-refractivity contribution < 1.29 is 23.1 Å². The molecule has 1 heterocycles. The topological polar surface area (TPSA) is 85.6 Å². The number of carbonyl (C=O) groups is 1. The Balaban J connectivity index is 2.15. The van der Waals surface area contributed by atoms with Gasteiger partial charge in [0.2, 0.25) is 0 Å². The Morgan fingerprint density at radius 2 is 1.73 bits per heavy atom. The smallest absolute Gasteiger partial charge is 0.339 e. The zero-order valence-corrected chi connectivity index (χ0v) is 19.6. The zero-order valence-electron chi connectivity index (χ0n) is 18.0. The van der Waals surface area contributed by atoms with Crippen LogP contribution >= 0.6 is 11.6 Å². The highest BCUT2D eigenvalue weighted by atomic mass is 35.5. The van der Waals surface area contributed by atoms with Crippen molar-refractivity contribution in [3.8, 4) is 11.3 Å². The Bertz CT molecular complexity index is 1430. The van der Waals surface area contributed by atoms with Gasteiger partial charge in [-0.25, -0.2) is 17.2 Å². The molecule has 0 saturated carbocycles. The Morgan fingerprint density at radius 3 is 2.36 bits per heavy atom. The van der Waals surface area contributed by atoms with E-state index in [4.69, 9.17) is 16.3 Å². The van der Waals surface area contributed by atoms with Crippen LogP contribution in [0.5, 0.6) is 0 Å². The van der Waals surface area contributed by atoms with E-state index in [1.54, 1.807) is 61.5 Å². The van der Waals surface area contributed by atoms with Crippen LogP contribution in [0.1, 0.15) is 24.2 Å². The third kappa shape index (κ3) is 4.15. The summed E-state index contributed by atoms with van der Waals surface area (Å²) < 4.78 is 34.0. The van der Waals surface area contributed by atoms with Crippen molar-refractivity contribution in [1.29, 1.82) is 0 Å². The Hall–Kier alpha value is -3.13. The molecule has 0 aliphatic rings. The van der Waals surface area contributed by atoms with Crippen LogP contribution in [0.25, 0.3) is 22.2 Å². The Kier molecular flexibility index (Phi) is 6.30. The zero-order chi connectivity index (χ0) is 23.8. The number of nitrogens with zero attached hydrogens (tertiary/aromatic N) is 1. The first-order valence-electron chi connectivity index (χ1n) is 10.3. The van der Waals surface area contributed by atoms with Crippen molar-refractivity contribution >= 4 is 38.5 Å². The fraction of sp³-hybridized carbons (Fsp3) is 0.160. The summed E-state index contributed by atoms with van der Waals surface area (Å²) in [6.45, 7) is 3.57. The molecule has 0 saturated heterocycles. The lowest BCUT2D eigenvalue weighted by molar-refractivity contribution is -0.153. The average Bonchev–Trinajstić information content (AvgIpc) is 3.14. The molecule has 0 aliphatic carbocycles. The molecule has 1 atom stereocenters. The van der Waals surface area contributed by atoms with Crippen LogP contribution in [-0.2, 0) is 19.6 Å². The summed E-state index contributed by atoms with van der Waals surface area (Å²) in [5.41, 5.74) is 1.99. The monoisotopic (exact) mass is 483 g/mol. The Morgan fingerprint density at radius 1 is 1.06 bits per heavy atom. The van der Waals surface area contributed by atoms with Gasteiger partial charge in [0, 0.05) is 16.0 Å². The summed E-state index contributed by atoms with van der Waals surface area (Å²) in [7, 11) is -4.13. The number of carbonyl (C=O) groups excluding carboxylic acids is 1. The number of hydrogen-bond acceptors (Lipinski definition) is 5. The molecule has 0 radical (unpaired) electrons. The third-order valence-electron chi connectivity index (χ3n) is 5.32. The summed E-state index contributed by atoms with van der Waals surface area (Å²) in [4.78, 5) is 12.6. The van der Waals surface area contributed by atoms with Gasteiger partial charge in [0.05, 0.1) is 22.7 Å². The summed E-state index contributed by atoms with van der Waals surface area (Å²) in [5, 5.41) is 11.7. The van der Waals surface area contributed by atoms with Gasteiger partial charge in [0.15, 0.2) is 6.10 Å². The van der Waals surface area contributed by atoms with Crippen molar-refractivity contribution in [2.45, 2.75) is 24.8 Å².